The number of benzene rings is 3. The van der Waals surface area contributed by atoms with E-state index in [0.717, 1.165) is 16.5 Å². The predicted molar refractivity (Wildman–Crippen MR) is 122 cm³/mol. The summed E-state index contributed by atoms with van der Waals surface area (Å²) in [5, 5.41) is 13.4. The first-order chi connectivity index (χ1) is 15.5. The van der Waals surface area contributed by atoms with Crippen molar-refractivity contribution >= 4 is 27.2 Å². The lowest BCUT2D eigenvalue weighted by Gasteiger charge is -2.12. The standard InChI is InChI=1S/C24H17FN6O/c1-27-22-17(8-4-13-3-6-15(25)10-18(13)22)23-20(12-28-31(23)2)14-5-7-16-19(9-14)21(11-26)29-30-24(16)32/h3-10,12H,11,26H2,2H3,(H,30,32). The van der Waals surface area contributed by atoms with Crippen molar-refractivity contribution in [2.24, 2.45) is 12.8 Å². The van der Waals surface area contributed by atoms with Crippen molar-refractivity contribution in [1.82, 2.24) is 20.0 Å². The van der Waals surface area contributed by atoms with Gasteiger partial charge in [-0.25, -0.2) is 14.3 Å². The average Bonchev–Trinajstić information content (AvgIpc) is 3.19. The van der Waals surface area contributed by atoms with Crippen molar-refractivity contribution in [2.75, 3.05) is 0 Å². The van der Waals surface area contributed by atoms with E-state index >= 15 is 0 Å². The summed E-state index contributed by atoms with van der Waals surface area (Å²) >= 11 is 0. The van der Waals surface area contributed by atoms with Gasteiger partial charge in [-0.3, -0.25) is 9.48 Å². The number of halogens is 1. The molecule has 5 rings (SSSR count). The Morgan fingerprint density at radius 2 is 1.91 bits per heavy atom. The highest BCUT2D eigenvalue weighted by Gasteiger charge is 2.19. The number of nitrogens with one attached hydrogen (secondary N) is 1. The molecule has 0 aliphatic rings. The minimum atomic E-state index is -0.397. The first kappa shape index (κ1) is 19.6. The van der Waals surface area contributed by atoms with Gasteiger partial charge in [0, 0.05) is 30.1 Å². The van der Waals surface area contributed by atoms with Crippen LogP contribution in [0, 0.1) is 12.4 Å². The van der Waals surface area contributed by atoms with E-state index in [9.17, 15) is 9.18 Å². The lowest BCUT2D eigenvalue weighted by molar-refractivity contribution is 0.630. The van der Waals surface area contributed by atoms with Gasteiger partial charge in [-0.15, -0.1) is 0 Å². The molecule has 0 spiro atoms. The van der Waals surface area contributed by atoms with E-state index in [1.807, 2.05) is 24.3 Å². The molecule has 0 fully saturated rings. The minimum absolute atomic E-state index is 0.175. The number of H-pyrrole nitrogens is 1. The lowest BCUT2D eigenvalue weighted by atomic mass is 9.96. The number of rotatable bonds is 3. The fraction of sp³-hybridized carbons (Fsp3) is 0.0833. The highest BCUT2D eigenvalue weighted by molar-refractivity contribution is 6.04. The van der Waals surface area contributed by atoms with Gasteiger partial charge in [0.05, 0.1) is 29.5 Å². The van der Waals surface area contributed by atoms with Gasteiger partial charge in [0.1, 0.15) is 5.82 Å². The summed E-state index contributed by atoms with van der Waals surface area (Å²) in [5.41, 5.74) is 9.41. The van der Waals surface area contributed by atoms with Gasteiger partial charge in [0.2, 0.25) is 5.69 Å². The quantitative estimate of drug-likeness (QED) is 0.423. The summed E-state index contributed by atoms with van der Waals surface area (Å²) in [6, 6.07) is 13.6. The summed E-state index contributed by atoms with van der Waals surface area (Å²) in [4.78, 5) is 15.9. The summed E-state index contributed by atoms with van der Waals surface area (Å²) < 4.78 is 15.6. The van der Waals surface area contributed by atoms with E-state index in [0.29, 0.717) is 38.8 Å². The largest absolute Gasteiger partial charge is 0.325 e. The van der Waals surface area contributed by atoms with Crippen LogP contribution in [-0.2, 0) is 13.6 Å². The second kappa shape index (κ2) is 7.41. The Morgan fingerprint density at radius 3 is 2.69 bits per heavy atom. The van der Waals surface area contributed by atoms with E-state index in [2.05, 4.69) is 20.1 Å². The molecule has 156 valence electrons. The van der Waals surface area contributed by atoms with Crippen LogP contribution in [0.25, 0.3) is 48.8 Å². The Balaban J connectivity index is 1.79. The molecule has 0 atom stereocenters. The molecule has 8 heteroatoms. The van der Waals surface area contributed by atoms with Gasteiger partial charge in [-0.05, 0) is 40.6 Å². The van der Waals surface area contributed by atoms with Crippen molar-refractivity contribution in [3.05, 3.63) is 88.0 Å². The third-order valence-electron chi connectivity index (χ3n) is 5.63. The summed E-state index contributed by atoms with van der Waals surface area (Å²) in [6.07, 6.45) is 1.71. The Labute approximate surface area is 181 Å². The van der Waals surface area contributed by atoms with Crippen LogP contribution in [0.5, 0.6) is 0 Å². The number of aromatic amines is 1. The molecule has 0 saturated heterocycles. The van der Waals surface area contributed by atoms with Crippen molar-refractivity contribution in [3.8, 4) is 22.4 Å². The van der Waals surface area contributed by atoms with E-state index in [1.54, 1.807) is 30.1 Å². The van der Waals surface area contributed by atoms with Gasteiger partial charge in [-0.1, -0.05) is 24.3 Å². The van der Waals surface area contributed by atoms with E-state index in [1.165, 1.54) is 12.1 Å². The molecular formula is C24H17FN6O. The third-order valence-corrected chi connectivity index (χ3v) is 5.63. The van der Waals surface area contributed by atoms with Gasteiger partial charge in [0.25, 0.3) is 5.56 Å². The van der Waals surface area contributed by atoms with Crippen LogP contribution in [0.15, 0.2) is 59.5 Å². The molecule has 0 bridgehead atoms. The molecule has 3 aromatic carbocycles. The van der Waals surface area contributed by atoms with Gasteiger partial charge < -0.3 is 5.73 Å². The Kier molecular flexibility index (Phi) is 4.54. The van der Waals surface area contributed by atoms with Crippen molar-refractivity contribution in [1.29, 1.82) is 0 Å². The zero-order valence-electron chi connectivity index (χ0n) is 17.1. The van der Waals surface area contributed by atoms with E-state index in [-0.39, 0.29) is 12.1 Å². The van der Waals surface area contributed by atoms with Crippen LogP contribution in [0.3, 0.4) is 0 Å². The molecule has 0 radical (unpaired) electrons. The highest BCUT2D eigenvalue weighted by atomic mass is 19.1. The predicted octanol–water partition coefficient (Wildman–Crippen LogP) is 4.29. The number of hydrogen-bond donors (Lipinski definition) is 2. The Hall–Kier alpha value is -4.35. The highest BCUT2D eigenvalue weighted by Crippen LogP contribution is 2.41. The molecule has 5 aromatic rings. The SMILES string of the molecule is [C-]#[N+]c1c(-c2c(-c3ccc4c(=O)[nH]nc(CN)c4c3)cnn2C)ccc2ccc(F)cc12. The number of aryl methyl sites for hydroxylation is 1. The van der Waals surface area contributed by atoms with Crippen LogP contribution >= 0.6 is 0 Å². The molecule has 0 unspecified atom stereocenters. The smallest absolute Gasteiger partial charge is 0.272 e. The maximum atomic E-state index is 13.9. The van der Waals surface area contributed by atoms with Crippen molar-refractivity contribution < 1.29 is 4.39 Å². The van der Waals surface area contributed by atoms with Crippen LogP contribution in [0.2, 0.25) is 0 Å². The lowest BCUT2D eigenvalue weighted by Crippen LogP contribution is -2.13. The van der Waals surface area contributed by atoms with E-state index < -0.39 is 5.82 Å². The molecular weight excluding hydrogens is 407 g/mol. The summed E-state index contributed by atoms with van der Waals surface area (Å²) in [7, 11) is 1.79. The van der Waals surface area contributed by atoms with Gasteiger partial charge >= 0.3 is 0 Å². The first-order valence-electron chi connectivity index (χ1n) is 9.85. The first-order valence-corrected chi connectivity index (χ1v) is 9.85. The maximum Gasteiger partial charge on any atom is 0.272 e. The van der Waals surface area contributed by atoms with Crippen LogP contribution < -0.4 is 11.3 Å². The Bertz CT molecular complexity index is 1630. The molecule has 32 heavy (non-hydrogen) atoms. The molecule has 0 aliphatic heterocycles. The normalized spacial score (nSPS) is 11.2. The van der Waals surface area contributed by atoms with Crippen molar-refractivity contribution in [2.45, 2.75) is 6.54 Å². The Morgan fingerprint density at radius 1 is 1.09 bits per heavy atom. The van der Waals surface area contributed by atoms with Crippen molar-refractivity contribution in [3.63, 3.8) is 0 Å². The molecule has 0 amide bonds. The second-order valence-electron chi connectivity index (χ2n) is 7.43. The van der Waals surface area contributed by atoms with Crippen LogP contribution in [0.4, 0.5) is 10.1 Å². The van der Waals surface area contributed by atoms with E-state index in [4.69, 9.17) is 12.3 Å². The third kappa shape index (κ3) is 2.95. The molecule has 0 saturated carbocycles. The molecule has 2 heterocycles. The fourth-order valence-electron chi connectivity index (χ4n) is 4.10. The molecule has 7 nitrogen and oxygen atoms in total. The number of nitrogens with zero attached hydrogens (tertiary/aromatic N) is 4. The summed E-state index contributed by atoms with van der Waals surface area (Å²) in [6.45, 7) is 7.96. The zero-order valence-corrected chi connectivity index (χ0v) is 17.1. The second-order valence-corrected chi connectivity index (χ2v) is 7.43. The number of aromatic nitrogens is 4. The number of nitrogens with two attached hydrogens (primary N) is 1. The monoisotopic (exact) mass is 424 g/mol. The zero-order chi connectivity index (χ0) is 22.4. The maximum absolute atomic E-state index is 13.9. The molecule has 0 aliphatic carbocycles. The molecule has 2 aromatic heterocycles. The topological polar surface area (TPSA) is 93.9 Å². The fourth-order valence-corrected chi connectivity index (χ4v) is 4.10. The average molecular weight is 424 g/mol. The minimum Gasteiger partial charge on any atom is -0.325 e. The van der Waals surface area contributed by atoms with Crippen LogP contribution in [-0.4, -0.2) is 20.0 Å². The number of fused-ring (bicyclic) bond motifs is 2. The summed E-state index contributed by atoms with van der Waals surface area (Å²) in [5.74, 6) is -0.397. The van der Waals surface area contributed by atoms with Gasteiger partial charge in [-0.2, -0.15) is 10.2 Å². The molecule has 3 N–H and O–H groups in total. The number of hydrogen-bond acceptors (Lipinski definition) is 4. The van der Waals surface area contributed by atoms with Gasteiger partial charge in [0.15, 0.2) is 0 Å². The van der Waals surface area contributed by atoms with Crippen LogP contribution in [0.1, 0.15) is 5.69 Å².